The summed E-state index contributed by atoms with van der Waals surface area (Å²) in [6.07, 6.45) is 0. The van der Waals surface area contributed by atoms with Crippen LogP contribution in [0.4, 0.5) is 0 Å². The van der Waals surface area contributed by atoms with Crippen LogP contribution in [0.2, 0.25) is 5.02 Å². The predicted molar refractivity (Wildman–Crippen MR) is 112 cm³/mol. The zero-order valence-electron chi connectivity index (χ0n) is 16.4. The Hall–Kier alpha value is -2.28. The number of carbonyl (C=O) groups is 1. The van der Waals surface area contributed by atoms with Gasteiger partial charge < -0.3 is 14.8 Å². The van der Waals surface area contributed by atoms with Gasteiger partial charge in [-0.25, -0.2) is 0 Å². The van der Waals surface area contributed by atoms with Gasteiger partial charge in [-0.05, 0) is 23.3 Å². The third-order valence-electron chi connectivity index (χ3n) is 5.23. The molecule has 1 saturated heterocycles. The number of rotatable bonds is 6. The molecule has 0 bridgehead atoms. The van der Waals surface area contributed by atoms with Crippen molar-refractivity contribution in [2.45, 2.75) is 13.1 Å². The molecule has 29 heavy (non-hydrogen) atoms. The smallest absolute Gasteiger partial charge is 0.234 e. The zero-order chi connectivity index (χ0) is 20.1. The SMILES string of the molecule is O=C(CN1CCN(Cc2cc(Cl)c3c(c2)OCCO3)CC1)NCc1ccccc1. The number of amides is 1. The average Bonchev–Trinajstić information content (AvgIpc) is 2.74. The number of piperazine rings is 1. The van der Waals surface area contributed by atoms with Gasteiger partial charge in [-0.3, -0.25) is 14.6 Å². The molecule has 0 radical (unpaired) electrons. The lowest BCUT2D eigenvalue weighted by Gasteiger charge is -2.34. The minimum Gasteiger partial charge on any atom is -0.486 e. The summed E-state index contributed by atoms with van der Waals surface area (Å²) in [4.78, 5) is 16.8. The monoisotopic (exact) mass is 415 g/mol. The van der Waals surface area contributed by atoms with E-state index in [1.54, 1.807) is 0 Å². The number of carbonyl (C=O) groups excluding carboxylic acids is 1. The van der Waals surface area contributed by atoms with Crippen LogP contribution in [0, 0.1) is 0 Å². The van der Waals surface area contributed by atoms with Crippen molar-refractivity contribution in [1.29, 1.82) is 0 Å². The second kappa shape index (κ2) is 9.48. The van der Waals surface area contributed by atoms with E-state index < -0.39 is 0 Å². The summed E-state index contributed by atoms with van der Waals surface area (Å²) in [6.45, 7) is 6.49. The molecule has 1 amide bonds. The fraction of sp³-hybridized carbons (Fsp3) is 0.409. The number of ether oxygens (including phenoxy) is 2. The van der Waals surface area contributed by atoms with Crippen molar-refractivity contribution in [3.05, 3.63) is 58.6 Å². The van der Waals surface area contributed by atoms with E-state index in [1.165, 1.54) is 0 Å². The van der Waals surface area contributed by atoms with Gasteiger partial charge in [0.2, 0.25) is 5.91 Å². The summed E-state index contributed by atoms with van der Waals surface area (Å²) in [7, 11) is 0. The van der Waals surface area contributed by atoms with E-state index in [2.05, 4.69) is 15.1 Å². The Kier molecular flexibility index (Phi) is 6.54. The molecule has 2 heterocycles. The Labute approximate surface area is 176 Å². The third-order valence-corrected chi connectivity index (χ3v) is 5.51. The molecule has 0 aromatic heterocycles. The van der Waals surface area contributed by atoms with E-state index >= 15 is 0 Å². The predicted octanol–water partition coefficient (Wildman–Crippen LogP) is 2.55. The molecule has 2 aliphatic heterocycles. The van der Waals surface area contributed by atoms with Crippen molar-refractivity contribution in [3.8, 4) is 11.5 Å². The molecule has 6 nitrogen and oxygen atoms in total. The summed E-state index contributed by atoms with van der Waals surface area (Å²) < 4.78 is 11.3. The van der Waals surface area contributed by atoms with E-state index in [0.717, 1.165) is 49.6 Å². The molecule has 0 saturated carbocycles. The molecular weight excluding hydrogens is 390 g/mol. The highest BCUT2D eigenvalue weighted by Gasteiger charge is 2.21. The summed E-state index contributed by atoms with van der Waals surface area (Å²) in [5, 5.41) is 3.60. The van der Waals surface area contributed by atoms with Crippen LogP contribution in [-0.4, -0.2) is 61.6 Å². The van der Waals surface area contributed by atoms with Crippen molar-refractivity contribution in [1.82, 2.24) is 15.1 Å². The fourth-order valence-corrected chi connectivity index (χ4v) is 3.96. The highest BCUT2D eigenvalue weighted by Crippen LogP contribution is 2.38. The molecule has 2 aliphatic rings. The average molecular weight is 416 g/mol. The number of benzene rings is 2. The van der Waals surface area contributed by atoms with Crippen molar-refractivity contribution in [3.63, 3.8) is 0 Å². The van der Waals surface area contributed by atoms with Crippen LogP contribution in [0.3, 0.4) is 0 Å². The second-order valence-corrected chi connectivity index (χ2v) is 7.82. The second-order valence-electron chi connectivity index (χ2n) is 7.42. The van der Waals surface area contributed by atoms with Gasteiger partial charge in [0, 0.05) is 39.3 Å². The molecular formula is C22H26ClN3O3. The third kappa shape index (κ3) is 5.41. The van der Waals surface area contributed by atoms with Crippen molar-refractivity contribution < 1.29 is 14.3 Å². The van der Waals surface area contributed by atoms with E-state index in [0.29, 0.717) is 37.1 Å². The van der Waals surface area contributed by atoms with Gasteiger partial charge in [0.05, 0.1) is 11.6 Å². The molecule has 0 unspecified atom stereocenters. The number of hydrogen-bond donors (Lipinski definition) is 1. The van der Waals surface area contributed by atoms with Gasteiger partial charge in [0.1, 0.15) is 13.2 Å². The van der Waals surface area contributed by atoms with Gasteiger partial charge in [0.25, 0.3) is 0 Å². The first kappa shape index (κ1) is 20.0. The highest BCUT2D eigenvalue weighted by molar-refractivity contribution is 6.32. The quantitative estimate of drug-likeness (QED) is 0.785. The van der Waals surface area contributed by atoms with Gasteiger partial charge in [-0.1, -0.05) is 41.9 Å². The zero-order valence-corrected chi connectivity index (χ0v) is 17.2. The van der Waals surface area contributed by atoms with Gasteiger partial charge in [-0.15, -0.1) is 0 Å². The number of hydrogen-bond acceptors (Lipinski definition) is 5. The molecule has 154 valence electrons. The Morgan fingerprint density at radius 1 is 0.966 bits per heavy atom. The molecule has 1 N–H and O–H groups in total. The van der Waals surface area contributed by atoms with Crippen LogP contribution in [0.25, 0.3) is 0 Å². The van der Waals surface area contributed by atoms with Crippen LogP contribution in [0.5, 0.6) is 11.5 Å². The Morgan fingerprint density at radius 3 is 2.48 bits per heavy atom. The maximum Gasteiger partial charge on any atom is 0.234 e. The fourth-order valence-electron chi connectivity index (χ4n) is 3.67. The first-order valence-electron chi connectivity index (χ1n) is 10.0. The molecule has 0 spiro atoms. The lowest BCUT2D eigenvalue weighted by Crippen LogP contribution is -2.49. The number of nitrogens with zero attached hydrogens (tertiary/aromatic N) is 2. The molecule has 2 aromatic rings. The summed E-state index contributed by atoms with van der Waals surface area (Å²) >= 11 is 6.34. The van der Waals surface area contributed by atoms with Gasteiger partial charge in [-0.2, -0.15) is 0 Å². The van der Waals surface area contributed by atoms with Crippen LogP contribution < -0.4 is 14.8 Å². The topological polar surface area (TPSA) is 54.0 Å². The van der Waals surface area contributed by atoms with E-state index in [1.807, 2.05) is 42.5 Å². The largest absolute Gasteiger partial charge is 0.486 e. The standard InChI is InChI=1S/C22H26ClN3O3/c23-19-12-18(13-20-22(19)29-11-10-28-20)15-25-6-8-26(9-7-25)16-21(27)24-14-17-4-2-1-3-5-17/h1-5,12-13H,6-11,14-16H2,(H,24,27). The molecule has 1 fully saturated rings. The summed E-state index contributed by atoms with van der Waals surface area (Å²) in [5.74, 6) is 1.45. The van der Waals surface area contributed by atoms with E-state index in [4.69, 9.17) is 21.1 Å². The van der Waals surface area contributed by atoms with Gasteiger partial charge >= 0.3 is 0 Å². The number of halogens is 1. The normalized spacial score (nSPS) is 17.1. The van der Waals surface area contributed by atoms with Gasteiger partial charge in [0.15, 0.2) is 11.5 Å². The van der Waals surface area contributed by atoms with Crippen molar-refractivity contribution >= 4 is 17.5 Å². The van der Waals surface area contributed by atoms with Crippen LogP contribution in [-0.2, 0) is 17.9 Å². The lowest BCUT2D eigenvalue weighted by atomic mass is 10.1. The van der Waals surface area contributed by atoms with Crippen molar-refractivity contribution in [2.75, 3.05) is 45.9 Å². The molecule has 0 aliphatic carbocycles. The van der Waals surface area contributed by atoms with Crippen molar-refractivity contribution in [2.24, 2.45) is 0 Å². The number of fused-ring (bicyclic) bond motifs is 1. The molecule has 7 heteroatoms. The Balaban J connectivity index is 1.22. The number of nitrogens with one attached hydrogen (secondary N) is 1. The Morgan fingerprint density at radius 2 is 1.69 bits per heavy atom. The molecule has 0 atom stereocenters. The maximum absolute atomic E-state index is 12.2. The van der Waals surface area contributed by atoms with E-state index in [9.17, 15) is 4.79 Å². The van der Waals surface area contributed by atoms with E-state index in [-0.39, 0.29) is 5.91 Å². The van der Waals surface area contributed by atoms with Crippen LogP contribution >= 0.6 is 11.6 Å². The first-order chi connectivity index (χ1) is 14.2. The first-order valence-corrected chi connectivity index (χ1v) is 10.4. The highest BCUT2D eigenvalue weighted by atomic mass is 35.5. The minimum absolute atomic E-state index is 0.0703. The van der Waals surface area contributed by atoms with Crippen LogP contribution in [0.1, 0.15) is 11.1 Å². The molecule has 4 rings (SSSR count). The summed E-state index contributed by atoms with van der Waals surface area (Å²) in [6, 6.07) is 13.9. The minimum atomic E-state index is 0.0703. The Bertz CT molecular complexity index is 839. The molecule has 2 aromatic carbocycles. The lowest BCUT2D eigenvalue weighted by molar-refractivity contribution is -0.122. The maximum atomic E-state index is 12.2. The van der Waals surface area contributed by atoms with Crippen LogP contribution in [0.15, 0.2) is 42.5 Å². The summed E-state index contributed by atoms with van der Waals surface area (Å²) in [5.41, 5.74) is 2.23.